The maximum absolute atomic E-state index is 12.4. The molecular weight excluding hydrogens is 248 g/mol. The van der Waals surface area contributed by atoms with Gasteiger partial charge in [-0.15, -0.1) is 11.3 Å². The summed E-state index contributed by atoms with van der Waals surface area (Å²) >= 11 is 1.78. The molecule has 2 aromatic heterocycles. The number of thiophene rings is 1. The van der Waals surface area contributed by atoms with E-state index in [4.69, 9.17) is 4.42 Å². The first-order chi connectivity index (χ1) is 8.81. The molecule has 0 radical (unpaired) electrons. The molecule has 1 aliphatic heterocycles. The zero-order valence-corrected chi connectivity index (χ0v) is 10.9. The number of aromatic nitrogens is 1. The van der Waals surface area contributed by atoms with E-state index < -0.39 is 0 Å². The first kappa shape index (κ1) is 11.5. The van der Waals surface area contributed by atoms with Crippen LogP contribution in [-0.2, 0) is 6.42 Å². The van der Waals surface area contributed by atoms with Crippen molar-refractivity contribution in [3.8, 4) is 0 Å². The first-order valence-corrected chi connectivity index (χ1v) is 6.94. The van der Waals surface area contributed by atoms with Crippen molar-refractivity contribution in [3.63, 3.8) is 0 Å². The van der Waals surface area contributed by atoms with Gasteiger partial charge in [0.25, 0.3) is 5.91 Å². The molecule has 0 N–H and O–H groups in total. The number of nitrogens with zero attached hydrogens (tertiary/aromatic N) is 2. The molecule has 0 aromatic carbocycles. The quantitative estimate of drug-likeness (QED) is 0.836. The van der Waals surface area contributed by atoms with Gasteiger partial charge in [-0.2, -0.15) is 0 Å². The SMILES string of the molecule is CC[C@@H]1c2ccsc2CCN1C(=O)c1cocn1. The van der Waals surface area contributed by atoms with Gasteiger partial charge in [0, 0.05) is 11.4 Å². The number of hydrogen-bond acceptors (Lipinski definition) is 4. The monoisotopic (exact) mass is 262 g/mol. The fourth-order valence-electron chi connectivity index (χ4n) is 2.55. The van der Waals surface area contributed by atoms with Crippen LogP contribution in [0.15, 0.2) is 28.5 Å². The van der Waals surface area contributed by atoms with E-state index in [-0.39, 0.29) is 11.9 Å². The van der Waals surface area contributed by atoms with Crippen molar-refractivity contribution in [2.45, 2.75) is 25.8 Å². The Kier molecular flexibility index (Phi) is 2.91. The number of fused-ring (bicyclic) bond motifs is 1. The van der Waals surface area contributed by atoms with Crippen LogP contribution >= 0.6 is 11.3 Å². The number of oxazole rings is 1. The molecule has 1 atom stereocenters. The van der Waals surface area contributed by atoms with Crippen molar-refractivity contribution in [1.82, 2.24) is 9.88 Å². The predicted molar refractivity (Wildman–Crippen MR) is 68.6 cm³/mol. The normalized spacial score (nSPS) is 18.7. The Morgan fingerprint density at radius 3 is 3.28 bits per heavy atom. The number of carbonyl (C=O) groups is 1. The molecule has 0 unspecified atom stereocenters. The molecule has 0 aliphatic carbocycles. The van der Waals surface area contributed by atoms with Gasteiger partial charge in [-0.3, -0.25) is 4.79 Å². The third kappa shape index (κ3) is 1.75. The molecule has 94 valence electrons. The molecule has 0 saturated carbocycles. The maximum Gasteiger partial charge on any atom is 0.276 e. The van der Waals surface area contributed by atoms with Crippen molar-refractivity contribution in [2.24, 2.45) is 0 Å². The van der Waals surface area contributed by atoms with Crippen LogP contribution in [0.1, 0.15) is 40.3 Å². The molecule has 0 fully saturated rings. The lowest BCUT2D eigenvalue weighted by Crippen LogP contribution is -2.39. The third-order valence-electron chi connectivity index (χ3n) is 3.39. The van der Waals surface area contributed by atoms with E-state index in [0.717, 1.165) is 19.4 Å². The van der Waals surface area contributed by atoms with Crippen molar-refractivity contribution in [2.75, 3.05) is 6.54 Å². The van der Waals surface area contributed by atoms with E-state index in [1.54, 1.807) is 11.3 Å². The summed E-state index contributed by atoms with van der Waals surface area (Å²) in [5, 5.41) is 2.11. The molecule has 3 rings (SSSR count). The van der Waals surface area contributed by atoms with Gasteiger partial charge in [-0.1, -0.05) is 6.92 Å². The molecule has 4 nitrogen and oxygen atoms in total. The number of amides is 1. The minimum atomic E-state index is -0.0348. The van der Waals surface area contributed by atoms with Gasteiger partial charge >= 0.3 is 0 Å². The van der Waals surface area contributed by atoms with Crippen LogP contribution in [0.2, 0.25) is 0 Å². The number of rotatable bonds is 2. The minimum absolute atomic E-state index is 0.0348. The van der Waals surface area contributed by atoms with Gasteiger partial charge in [0.2, 0.25) is 0 Å². The van der Waals surface area contributed by atoms with Gasteiger partial charge < -0.3 is 9.32 Å². The molecule has 5 heteroatoms. The van der Waals surface area contributed by atoms with Crippen LogP contribution in [0.4, 0.5) is 0 Å². The highest BCUT2D eigenvalue weighted by Gasteiger charge is 2.31. The van der Waals surface area contributed by atoms with E-state index in [9.17, 15) is 4.79 Å². The molecule has 18 heavy (non-hydrogen) atoms. The fourth-order valence-corrected chi connectivity index (χ4v) is 3.47. The second kappa shape index (κ2) is 4.57. The minimum Gasteiger partial charge on any atom is -0.451 e. The highest BCUT2D eigenvalue weighted by molar-refractivity contribution is 7.10. The second-order valence-electron chi connectivity index (χ2n) is 4.35. The zero-order chi connectivity index (χ0) is 12.5. The molecule has 1 aliphatic rings. The summed E-state index contributed by atoms with van der Waals surface area (Å²) < 4.78 is 4.89. The third-order valence-corrected chi connectivity index (χ3v) is 4.39. The standard InChI is InChI=1S/C13H14N2O2S/c1-2-11-9-4-6-18-12(9)3-5-15(11)13(16)10-7-17-8-14-10/h4,6-8,11H,2-3,5H2,1H3/t11-/m1/s1. The highest BCUT2D eigenvalue weighted by atomic mass is 32.1. The van der Waals surface area contributed by atoms with Crippen molar-refractivity contribution in [3.05, 3.63) is 40.2 Å². The highest BCUT2D eigenvalue weighted by Crippen LogP contribution is 2.35. The second-order valence-corrected chi connectivity index (χ2v) is 5.35. The van der Waals surface area contributed by atoms with Crippen molar-refractivity contribution >= 4 is 17.2 Å². The lowest BCUT2D eigenvalue weighted by Gasteiger charge is -2.34. The molecular formula is C13H14N2O2S. The van der Waals surface area contributed by atoms with E-state index in [1.807, 2.05) is 4.90 Å². The summed E-state index contributed by atoms with van der Waals surface area (Å²) in [6.07, 6.45) is 4.58. The Hall–Kier alpha value is -1.62. The summed E-state index contributed by atoms with van der Waals surface area (Å²) in [7, 11) is 0. The Labute approximate surface area is 109 Å². The van der Waals surface area contributed by atoms with E-state index >= 15 is 0 Å². The Bertz CT molecular complexity index is 547. The van der Waals surface area contributed by atoms with Crippen LogP contribution in [0.5, 0.6) is 0 Å². The molecule has 1 amide bonds. The lowest BCUT2D eigenvalue weighted by molar-refractivity contribution is 0.0651. The van der Waals surface area contributed by atoms with Gasteiger partial charge in [0.1, 0.15) is 6.26 Å². The molecule has 0 saturated heterocycles. The maximum atomic E-state index is 12.4. The molecule has 2 aromatic rings. The topological polar surface area (TPSA) is 46.3 Å². The summed E-state index contributed by atoms with van der Waals surface area (Å²) in [5.41, 5.74) is 1.69. The predicted octanol–water partition coefficient (Wildman–Crippen LogP) is 2.89. The summed E-state index contributed by atoms with van der Waals surface area (Å²) in [5.74, 6) is -0.0348. The van der Waals surface area contributed by atoms with Gasteiger partial charge in [0.15, 0.2) is 12.1 Å². The zero-order valence-electron chi connectivity index (χ0n) is 10.1. The summed E-state index contributed by atoms with van der Waals surface area (Å²) in [6, 6.07) is 2.31. The molecule has 0 spiro atoms. The van der Waals surface area contributed by atoms with E-state index in [1.165, 1.54) is 23.1 Å². The number of hydrogen-bond donors (Lipinski definition) is 0. The van der Waals surface area contributed by atoms with Gasteiger partial charge in [0.05, 0.1) is 6.04 Å². The Balaban J connectivity index is 1.92. The van der Waals surface area contributed by atoms with Crippen LogP contribution < -0.4 is 0 Å². The van der Waals surface area contributed by atoms with Crippen LogP contribution in [0, 0.1) is 0 Å². The van der Waals surface area contributed by atoms with Crippen molar-refractivity contribution in [1.29, 1.82) is 0 Å². The van der Waals surface area contributed by atoms with E-state index in [0.29, 0.717) is 5.69 Å². The van der Waals surface area contributed by atoms with Crippen LogP contribution in [0.25, 0.3) is 0 Å². The number of carbonyl (C=O) groups excluding carboxylic acids is 1. The summed E-state index contributed by atoms with van der Waals surface area (Å²) in [4.78, 5) is 19.6. The Morgan fingerprint density at radius 2 is 2.56 bits per heavy atom. The average Bonchev–Trinajstić information content (AvgIpc) is 3.06. The smallest absolute Gasteiger partial charge is 0.276 e. The van der Waals surface area contributed by atoms with Crippen LogP contribution in [-0.4, -0.2) is 22.3 Å². The first-order valence-electron chi connectivity index (χ1n) is 6.06. The largest absolute Gasteiger partial charge is 0.451 e. The molecule has 3 heterocycles. The van der Waals surface area contributed by atoms with Gasteiger partial charge in [-0.25, -0.2) is 4.98 Å². The summed E-state index contributed by atoms with van der Waals surface area (Å²) in [6.45, 7) is 2.87. The van der Waals surface area contributed by atoms with Crippen LogP contribution in [0.3, 0.4) is 0 Å². The van der Waals surface area contributed by atoms with Gasteiger partial charge in [-0.05, 0) is 29.9 Å². The van der Waals surface area contributed by atoms with Crippen molar-refractivity contribution < 1.29 is 9.21 Å². The van der Waals surface area contributed by atoms with E-state index in [2.05, 4.69) is 23.4 Å². The lowest BCUT2D eigenvalue weighted by atomic mass is 9.97. The average molecular weight is 262 g/mol. The fraction of sp³-hybridized carbons (Fsp3) is 0.385. The Morgan fingerprint density at radius 1 is 1.67 bits per heavy atom. The molecule has 0 bridgehead atoms.